The molecule has 0 aromatic carbocycles. The summed E-state index contributed by atoms with van der Waals surface area (Å²) in [5.41, 5.74) is -1.14. The summed E-state index contributed by atoms with van der Waals surface area (Å²) < 4.78 is 131. The average molecular weight is 414 g/mol. The van der Waals surface area contributed by atoms with Gasteiger partial charge in [0.2, 0.25) is 5.88 Å². The molecule has 1 aliphatic rings. The molecule has 2 rings (SSSR count). The highest BCUT2D eigenvalue weighted by Gasteiger charge is 2.77. The normalized spacial score (nSPS) is 16.9. The fourth-order valence-electron chi connectivity index (χ4n) is 2.01. The number of hydrogen-bond donors (Lipinski definition) is 0. The topological polar surface area (TPSA) is 42.4 Å². The van der Waals surface area contributed by atoms with Crippen molar-refractivity contribution in [1.82, 2.24) is 9.88 Å². The van der Waals surface area contributed by atoms with Gasteiger partial charge in [-0.25, -0.2) is 4.98 Å². The Labute approximate surface area is 143 Å². The summed E-state index contributed by atoms with van der Waals surface area (Å²) in [7, 11) is 0. The van der Waals surface area contributed by atoms with Crippen LogP contribution in [0.4, 0.5) is 43.9 Å². The molecule has 27 heavy (non-hydrogen) atoms. The first-order valence-electron chi connectivity index (χ1n) is 6.89. The smallest absolute Gasteiger partial charge is 0.460 e. The van der Waals surface area contributed by atoms with Crippen LogP contribution < -0.4 is 4.74 Å². The molecule has 0 saturated carbocycles. The number of hydrogen-bond acceptors (Lipinski definition) is 3. The van der Waals surface area contributed by atoms with Crippen molar-refractivity contribution in [2.75, 3.05) is 13.1 Å². The molecule has 0 spiro atoms. The Morgan fingerprint density at radius 2 is 1.59 bits per heavy atom. The molecule has 0 atom stereocenters. The Balaban J connectivity index is 2.01. The molecule has 0 unspecified atom stereocenters. The van der Waals surface area contributed by atoms with Gasteiger partial charge in [0.25, 0.3) is 5.91 Å². The second kappa shape index (κ2) is 6.41. The molecule has 1 aromatic rings. The fraction of sp³-hybridized carbons (Fsp3) is 0.538. The number of ether oxygens (including phenoxy) is 1. The summed E-state index contributed by atoms with van der Waals surface area (Å²) >= 11 is 0. The molecule has 1 aliphatic heterocycles. The van der Waals surface area contributed by atoms with Gasteiger partial charge in [-0.05, 0) is 6.07 Å². The first-order chi connectivity index (χ1) is 12.1. The van der Waals surface area contributed by atoms with E-state index in [2.05, 4.69) is 4.98 Å². The molecule has 0 bridgehead atoms. The van der Waals surface area contributed by atoms with Gasteiger partial charge in [-0.3, -0.25) is 4.79 Å². The first-order valence-corrected chi connectivity index (χ1v) is 6.89. The van der Waals surface area contributed by atoms with Gasteiger partial charge in [0, 0.05) is 12.3 Å². The second-order valence-corrected chi connectivity index (χ2v) is 5.48. The Morgan fingerprint density at radius 1 is 1.04 bits per heavy atom. The number of pyridine rings is 1. The molecule has 1 fully saturated rings. The standard InChI is InChI=1S/C13H8F10N2O2/c14-10(15,12(19,20)13(21,22)23)9(26)25-4-7(5-25)27-8-3-6(1-2-24-8)11(16,17)18/h1-3,7H,4-5H2. The maximum atomic E-state index is 13.3. The Morgan fingerprint density at radius 3 is 2.07 bits per heavy atom. The van der Waals surface area contributed by atoms with Gasteiger partial charge >= 0.3 is 24.2 Å². The SMILES string of the molecule is O=C(N1CC(Oc2cc(C(F)(F)F)ccn2)C1)C(F)(F)C(F)(F)C(F)(F)F. The van der Waals surface area contributed by atoms with E-state index in [9.17, 15) is 48.7 Å². The van der Waals surface area contributed by atoms with Crippen LogP contribution in [0.15, 0.2) is 18.3 Å². The number of likely N-dealkylation sites (tertiary alicyclic amines) is 1. The summed E-state index contributed by atoms with van der Waals surface area (Å²) in [5.74, 6) is -16.0. The molecule has 0 radical (unpaired) electrons. The highest BCUT2D eigenvalue weighted by molar-refractivity contribution is 5.85. The first kappa shape index (κ1) is 21.0. The molecule has 1 amide bonds. The van der Waals surface area contributed by atoms with E-state index in [0.29, 0.717) is 12.1 Å². The number of rotatable bonds is 4. The Bertz CT molecular complexity index is 710. The van der Waals surface area contributed by atoms with E-state index in [1.54, 1.807) is 0 Å². The summed E-state index contributed by atoms with van der Waals surface area (Å²) in [5, 5.41) is 0. The summed E-state index contributed by atoms with van der Waals surface area (Å²) in [4.78, 5) is 14.7. The molecule has 14 heteroatoms. The highest BCUT2D eigenvalue weighted by atomic mass is 19.4. The third kappa shape index (κ3) is 3.88. The van der Waals surface area contributed by atoms with E-state index in [-0.39, 0.29) is 4.90 Å². The van der Waals surface area contributed by atoms with Crippen LogP contribution in [-0.4, -0.2) is 53.0 Å². The van der Waals surface area contributed by atoms with E-state index in [0.717, 1.165) is 6.20 Å². The summed E-state index contributed by atoms with van der Waals surface area (Å²) in [6.07, 6.45) is -11.9. The van der Waals surface area contributed by atoms with Gasteiger partial charge < -0.3 is 9.64 Å². The number of alkyl halides is 10. The monoisotopic (exact) mass is 414 g/mol. The van der Waals surface area contributed by atoms with Crippen LogP contribution in [0.1, 0.15) is 5.56 Å². The largest absolute Gasteiger partial charge is 0.471 e. The number of carbonyl (C=O) groups is 1. The lowest BCUT2D eigenvalue weighted by Crippen LogP contribution is -2.66. The molecule has 0 aliphatic carbocycles. The van der Waals surface area contributed by atoms with Crippen LogP contribution in [-0.2, 0) is 11.0 Å². The van der Waals surface area contributed by atoms with Crippen molar-refractivity contribution < 1.29 is 53.4 Å². The molecule has 1 aromatic heterocycles. The lowest BCUT2D eigenvalue weighted by Gasteiger charge is -2.41. The van der Waals surface area contributed by atoms with E-state index in [1.807, 2.05) is 0 Å². The summed E-state index contributed by atoms with van der Waals surface area (Å²) in [6, 6.07) is 1.08. The molecule has 2 heterocycles. The van der Waals surface area contributed by atoms with Crippen molar-refractivity contribution in [2.45, 2.75) is 30.3 Å². The van der Waals surface area contributed by atoms with Crippen molar-refractivity contribution in [3.8, 4) is 5.88 Å². The van der Waals surface area contributed by atoms with Crippen molar-refractivity contribution in [3.63, 3.8) is 0 Å². The van der Waals surface area contributed by atoms with E-state index in [4.69, 9.17) is 4.74 Å². The van der Waals surface area contributed by atoms with Crippen molar-refractivity contribution in [1.29, 1.82) is 0 Å². The van der Waals surface area contributed by atoms with Crippen LogP contribution in [0.3, 0.4) is 0 Å². The predicted octanol–water partition coefficient (Wildman–Crippen LogP) is 3.52. The zero-order chi connectivity index (χ0) is 20.8. The summed E-state index contributed by atoms with van der Waals surface area (Å²) in [6.45, 7) is -1.67. The van der Waals surface area contributed by atoms with Gasteiger partial charge in [-0.2, -0.15) is 43.9 Å². The van der Waals surface area contributed by atoms with Crippen LogP contribution in [0.5, 0.6) is 5.88 Å². The third-order valence-corrected chi connectivity index (χ3v) is 3.50. The lowest BCUT2D eigenvalue weighted by atomic mass is 10.1. The molecule has 1 saturated heterocycles. The molecule has 0 N–H and O–H groups in total. The van der Waals surface area contributed by atoms with Crippen LogP contribution in [0.25, 0.3) is 0 Å². The predicted molar refractivity (Wildman–Crippen MR) is 66.2 cm³/mol. The van der Waals surface area contributed by atoms with Crippen LogP contribution in [0, 0.1) is 0 Å². The molecular weight excluding hydrogens is 406 g/mol. The zero-order valence-corrected chi connectivity index (χ0v) is 12.7. The number of carbonyl (C=O) groups excluding carboxylic acids is 1. The minimum absolute atomic E-state index is 0.0298. The lowest BCUT2D eigenvalue weighted by molar-refractivity contribution is -0.346. The second-order valence-electron chi connectivity index (χ2n) is 5.48. The maximum absolute atomic E-state index is 13.3. The molecule has 152 valence electrons. The average Bonchev–Trinajstić information content (AvgIpc) is 2.48. The zero-order valence-electron chi connectivity index (χ0n) is 12.7. The quantitative estimate of drug-likeness (QED) is 0.709. The van der Waals surface area contributed by atoms with Gasteiger partial charge in [0.1, 0.15) is 6.10 Å². The van der Waals surface area contributed by atoms with Gasteiger partial charge in [0.15, 0.2) is 0 Å². The van der Waals surface area contributed by atoms with Gasteiger partial charge in [-0.1, -0.05) is 0 Å². The highest BCUT2D eigenvalue weighted by Crippen LogP contribution is 2.47. The molecular formula is C13H8F10N2O2. The molecule has 4 nitrogen and oxygen atoms in total. The number of aromatic nitrogens is 1. The van der Waals surface area contributed by atoms with E-state index < -0.39 is 60.7 Å². The van der Waals surface area contributed by atoms with Crippen LogP contribution in [0.2, 0.25) is 0 Å². The van der Waals surface area contributed by atoms with Crippen molar-refractivity contribution in [2.24, 2.45) is 0 Å². The fourth-order valence-corrected chi connectivity index (χ4v) is 2.01. The van der Waals surface area contributed by atoms with Gasteiger partial charge in [-0.15, -0.1) is 0 Å². The number of halogens is 10. The Hall–Kier alpha value is -2.28. The number of amides is 1. The van der Waals surface area contributed by atoms with Crippen LogP contribution >= 0.6 is 0 Å². The van der Waals surface area contributed by atoms with E-state index >= 15 is 0 Å². The minimum Gasteiger partial charge on any atom is -0.471 e. The van der Waals surface area contributed by atoms with Crippen molar-refractivity contribution in [3.05, 3.63) is 23.9 Å². The number of nitrogens with zero attached hydrogens (tertiary/aromatic N) is 2. The van der Waals surface area contributed by atoms with Gasteiger partial charge in [0.05, 0.1) is 18.7 Å². The van der Waals surface area contributed by atoms with Crippen molar-refractivity contribution >= 4 is 5.91 Å². The third-order valence-electron chi connectivity index (χ3n) is 3.50. The minimum atomic E-state index is -6.66. The maximum Gasteiger partial charge on any atom is 0.460 e. The van der Waals surface area contributed by atoms with E-state index in [1.165, 1.54) is 0 Å². The Kier molecular flexibility index (Phi) is 4.99.